The first kappa shape index (κ1) is 34.8. The number of rotatable bonds is 11. The molecule has 13 heteroatoms. The van der Waals surface area contributed by atoms with Gasteiger partial charge in [-0.3, -0.25) is 4.79 Å². The zero-order valence-electron chi connectivity index (χ0n) is 25.7. The number of benzene rings is 3. The number of fused-ring (bicyclic) bond motifs is 1. The van der Waals surface area contributed by atoms with E-state index in [0.717, 1.165) is 30.5 Å². The summed E-state index contributed by atoms with van der Waals surface area (Å²) in [5.74, 6) is -0.654. The van der Waals surface area contributed by atoms with Crippen molar-refractivity contribution in [2.45, 2.75) is 30.1 Å². The molecule has 3 aromatic carbocycles. The number of carbonyl (C=O) groups is 1. The van der Waals surface area contributed by atoms with Crippen LogP contribution in [0, 0.1) is 5.82 Å². The predicted molar refractivity (Wildman–Crippen MR) is 174 cm³/mol. The Morgan fingerprint density at radius 2 is 1.62 bits per heavy atom. The Morgan fingerprint density at radius 3 is 2.27 bits per heavy atom. The Balaban J connectivity index is 0.00000461. The first-order chi connectivity index (χ1) is 21.1. The Kier molecular flexibility index (Phi) is 10.9. The average Bonchev–Trinajstić information content (AvgIpc) is 3.25. The summed E-state index contributed by atoms with van der Waals surface area (Å²) >= 11 is 6.60. The van der Waals surface area contributed by atoms with E-state index in [4.69, 9.17) is 25.8 Å². The van der Waals surface area contributed by atoms with Crippen LogP contribution < -0.4 is 18.5 Å². The monoisotopic (exact) mass is 681 g/mol. The van der Waals surface area contributed by atoms with Crippen molar-refractivity contribution in [3.05, 3.63) is 76.6 Å². The van der Waals surface area contributed by atoms with Crippen molar-refractivity contribution in [2.24, 2.45) is 0 Å². The van der Waals surface area contributed by atoms with Crippen molar-refractivity contribution in [1.82, 2.24) is 9.80 Å². The molecule has 1 amide bonds. The average molecular weight is 683 g/mol. The van der Waals surface area contributed by atoms with Gasteiger partial charge in [-0.1, -0.05) is 29.8 Å². The van der Waals surface area contributed by atoms with Gasteiger partial charge in [-0.05, 0) is 63.2 Å². The maximum absolute atomic E-state index is 15.8. The fourth-order valence-electron chi connectivity index (χ4n) is 6.12. The number of nitrogens with zero attached hydrogens (tertiary/aromatic N) is 3. The lowest BCUT2D eigenvalue weighted by atomic mass is 9.72. The van der Waals surface area contributed by atoms with E-state index in [1.54, 1.807) is 25.1 Å². The number of methoxy groups -OCH3 is 2. The van der Waals surface area contributed by atoms with E-state index in [1.165, 1.54) is 50.6 Å². The van der Waals surface area contributed by atoms with E-state index in [9.17, 15) is 13.2 Å². The molecule has 0 saturated carbocycles. The summed E-state index contributed by atoms with van der Waals surface area (Å²) < 4.78 is 61.8. The molecule has 0 aromatic heterocycles. The van der Waals surface area contributed by atoms with Gasteiger partial charge in [-0.2, -0.15) is 0 Å². The second-order valence-electron chi connectivity index (χ2n) is 11.0. The second kappa shape index (κ2) is 14.1. The summed E-state index contributed by atoms with van der Waals surface area (Å²) in [5.41, 5.74) is -1.20. The maximum atomic E-state index is 15.8. The van der Waals surface area contributed by atoms with Crippen LogP contribution in [0.1, 0.15) is 30.9 Å². The highest BCUT2D eigenvalue weighted by molar-refractivity contribution is 7.93. The molecule has 0 bridgehead atoms. The van der Waals surface area contributed by atoms with Gasteiger partial charge in [0.2, 0.25) is 0 Å². The summed E-state index contributed by atoms with van der Waals surface area (Å²) in [5, 5.41) is 0.181. The largest absolute Gasteiger partial charge is 0.495 e. The number of sulfonamides is 1. The lowest BCUT2D eigenvalue weighted by Gasteiger charge is -2.34. The molecule has 2 heterocycles. The molecule has 0 radical (unpaired) electrons. The molecule has 244 valence electrons. The van der Waals surface area contributed by atoms with Crippen LogP contribution in [0.4, 0.5) is 10.1 Å². The van der Waals surface area contributed by atoms with Crippen LogP contribution >= 0.6 is 24.0 Å². The molecule has 3 aromatic rings. The highest BCUT2D eigenvalue weighted by Crippen LogP contribution is 2.54. The summed E-state index contributed by atoms with van der Waals surface area (Å²) in [6, 6.07) is 13.1. The van der Waals surface area contributed by atoms with E-state index in [1.807, 2.05) is 0 Å². The Bertz CT molecular complexity index is 1650. The molecule has 0 aliphatic carbocycles. The van der Waals surface area contributed by atoms with Crippen LogP contribution in [0.25, 0.3) is 0 Å². The number of anilines is 1. The zero-order chi connectivity index (χ0) is 31.6. The SMILES string of the molecule is CCOc1ccc(S(=O)(=O)N2C(=O)C(CCCN3CCN(C)CC3)(c3ccccc3F)c3cc(Cl)c(OC)cc32)cc1OC.Cl. The van der Waals surface area contributed by atoms with E-state index in [-0.39, 0.29) is 51.5 Å². The fraction of sp³-hybridized carbons (Fsp3) is 0.406. The van der Waals surface area contributed by atoms with Gasteiger partial charge in [-0.15, -0.1) is 12.4 Å². The zero-order valence-corrected chi connectivity index (χ0v) is 28.1. The summed E-state index contributed by atoms with van der Waals surface area (Å²) in [6.45, 7) is 6.40. The minimum atomic E-state index is -4.54. The number of halogens is 3. The van der Waals surface area contributed by atoms with Crippen LogP contribution in [-0.4, -0.2) is 84.7 Å². The highest BCUT2D eigenvalue weighted by atomic mass is 35.5. The minimum Gasteiger partial charge on any atom is -0.495 e. The van der Waals surface area contributed by atoms with Gasteiger partial charge in [0, 0.05) is 43.9 Å². The molecule has 5 rings (SSSR count). The molecule has 2 aliphatic heterocycles. The summed E-state index contributed by atoms with van der Waals surface area (Å²) in [7, 11) is 0.347. The van der Waals surface area contributed by atoms with Crippen molar-refractivity contribution in [3.63, 3.8) is 0 Å². The standard InChI is InChI=1S/C32H37ClFN3O6S.ClH/c1-5-43-28-12-11-22(19-30(28)42-4)44(39,40)37-27-21-29(41-3)25(33)20-24(27)32(31(37)38,23-9-6-7-10-26(23)34)13-8-14-36-17-15-35(2)16-18-36;/h6-7,9-12,19-21H,5,8,13-18H2,1-4H3;1H. The molecule has 1 unspecified atom stereocenters. The van der Waals surface area contributed by atoms with E-state index in [2.05, 4.69) is 16.8 Å². The number of carbonyl (C=O) groups excluding carboxylic acids is 1. The van der Waals surface area contributed by atoms with Gasteiger partial charge in [0.05, 0.1) is 36.4 Å². The fourth-order valence-corrected chi connectivity index (χ4v) is 7.85. The Morgan fingerprint density at radius 1 is 0.933 bits per heavy atom. The van der Waals surface area contributed by atoms with Gasteiger partial charge >= 0.3 is 0 Å². The lowest BCUT2D eigenvalue weighted by molar-refractivity contribution is -0.121. The number of hydrogen-bond acceptors (Lipinski definition) is 8. The minimum absolute atomic E-state index is 0. The molecule has 2 aliphatic rings. The molecule has 0 spiro atoms. The number of piperazine rings is 1. The van der Waals surface area contributed by atoms with Crippen LogP contribution in [0.2, 0.25) is 5.02 Å². The molecule has 1 atom stereocenters. The van der Waals surface area contributed by atoms with Crippen molar-refractivity contribution in [2.75, 3.05) is 64.9 Å². The van der Waals surface area contributed by atoms with Crippen LogP contribution in [0.15, 0.2) is 59.5 Å². The van der Waals surface area contributed by atoms with Crippen LogP contribution in [0.5, 0.6) is 17.2 Å². The van der Waals surface area contributed by atoms with E-state index >= 15 is 4.39 Å². The maximum Gasteiger partial charge on any atom is 0.271 e. The van der Waals surface area contributed by atoms with Crippen molar-refractivity contribution >= 4 is 45.6 Å². The number of likely N-dealkylation sites (N-methyl/N-ethyl adjacent to an activating group) is 1. The quantitative estimate of drug-likeness (QED) is 0.267. The Labute approximate surface area is 275 Å². The number of hydrogen-bond donors (Lipinski definition) is 0. The topological polar surface area (TPSA) is 88.6 Å². The van der Waals surface area contributed by atoms with Gasteiger partial charge < -0.3 is 24.0 Å². The van der Waals surface area contributed by atoms with Gasteiger partial charge in [0.15, 0.2) is 11.5 Å². The first-order valence-electron chi connectivity index (χ1n) is 14.5. The molecule has 1 fully saturated rings. The van der Waals surface area contributed by atoms with E-state index in [0.29, 0.717) is 30.9 Å². The molecule has 1 saturated heterocycles. The van der Waals surface area contributed by atoms with Crippen molar-refractivity contribution in [1.29, 1.82) is 0 Å². The van der Waals surface area contributed by atoms with Gasteiger partial charge in [0.25, 0.3) is 15.9 Å². The molecule has 45 heavy (non-hydrogen) atoms. The lowest BCUT2D eigenvalue weighted by Crippen LogP contribution is -2.46. The third kappa shape index (κ3) is 6.33. The van der Waals surface area contributed by atoms with Gasteiger partial charge in [-0.25, -0.2) is 17.1 Å². The van der Waals surface area contributed by atoms with Crippen LogP contribution in [-0.2, 0) is 20.2 Å². The highest BCUT2D eigenvalue weighted by Gasteiger charge is 2.57. The molecular formula is C32H38Cl2FN3O6S. The summed E-state index contributed by atoms with van der Waals surface area (Å²) in [6.07, 6.45) is 0.672. The number of ether oxygens (including phenoxy) is 3. The molecular weight excluding hydrogens is 644 g/mol. The van der Waals surface area contributed by atoms with E-state index < -0.39 is 27.2 Å². The number of amides is 1. The first-order valence-corrected chi connectivity index (χ1v) is 16.3. The second-order valence-corrected chi connectivity index (χ2v) is 13.2. The smallest absolute Gasteiger partial charge is 0.271 e. The van der Waals surface area contributed by atoms with Crippen LogP contribution in [0.3, 0.4) is 0 Å². The molecule has 0 N–H and O–H groups in total. The third-order valence-corrected chi connectivity index (χ3v) is 10.4. The summed E-state index contributed by atoms with van der Waals surface area (Å²) in [4.78, 5) is 19.2. The molecule has 9 nitrogen and oxygen atoms in total. The van der Waals surface area contributed by atoms with Gasteiger partial charge in [0.1, 0.15) is 17.0 Å². The van der Waals surface area contributed by atoms with Crippen molar-refractivity contribution < 1.29 is 31.8 Å². The predicted octanol–water partition coefficient (Wildman–Crippen LogP) is 5.37. The normalized spacial score (nSPS) is 18.8. The third-order valence-electron chi connectivity index (χ3n) is 8.43. The van der Waals surface area contributed by atoms with Crippen molar-refractivity contribution in [3.8, 4) is 17.2 Å². The Hall–Kier alpha value is -3.09.